The summed E-state index contributed by atoms with van der Waals surface area (Å²) in [5.74, 6) is -0.864. The highest BCUT2D eigenvalue weighted by Crippen LogP contribution is 2.16. The van der Waals surface area contributed by atoms with Crippen molar-refractivity contribution >= 4 is 5.91 Å². The largest absolute Gasteiger partial charge is 0.352 e. The van der Waals surface area contributed by atoms with Gasteiger partial charge >= 0.3 is 0 Å². The first-order valence-electron chi connectivity index (χ1n) is 8.60. The van der Waals surface area contributed by atoms with Gasteiger partial charge in [0.25, 0.3) is 0 Å². The Morgan fingerprint density at radius 2 is 1.76 bits per heavy atom. The fourth-order valence-electron chi connectivity index (χ4n) is 3.15. The highest BCUT2D eigenvalue weighted by atomic mass is 19.1. The van der Waals surface area contributed by atoms with Crippen LogP contribution >= 0.6 is 0 Å². The number of carbonyl (C=O) groups excluding carboxylic acids is 1. The fourth-order valence-corrected chi connectivity index (χ4v) is 3.15. The molecular formula is C20H22F2N2O. The Morgan fingerprint density at radius 3 is 2.40 bits per heavy atom. The van der Waals surface area contributed by atoms with Gasteiger partial charge in [0.1, 0.15) is 11.6 Å². The molecule has 132 valence electrons. The summed E-state index contributed by atoms with van der Waals surface area (Å²) in [7, 11) is 0. The number of hydrogen-bond acceptors (Lipinski definition) is 2. The maximum Gasteiger partial charge on any atom is 0.224 e. The number of carbonyl (C=O) groups is 1. The minimum Gasteiger partial charge on any atom is -0.352 e. The van der Waals surface area contributed by atoms with Crippen LogP contribution in [0.5, 0.6) is 0 Å². The van der Waals surface area contributed by atoms with Crippen LogP contribution in [-0.4, -0.2) is 19.0 Å². The van der Waals surface area contributed by atoms with Crippen molar-refractivity contribution in [2.24, 2.45) is 5.92 Å². The first-order chi connectivity index (χ1) is 12.1. The van der Waals surface area contributed by atoms with Crippen molar-refractivity contribution in [2.45, 2.75) is 25.8 Å². The molecule has 5 heteroatoms. The maximum atomic E-state index is 13.5. The Kier molecular flexibility index (Phi) is 5.76. The summed E-state index contributed by atoms with van der Waals surface area (Å²) in [6.45, 7) is 2.01. The van der Waals surface area contributed by atoms with E-state index in [0.717, 1.165) is 25.1 Å². The topological polar surface area (TPSA) is 41.1 Å². The third-order valence-corrected chi connectivity index (χ3v) is 4.60. The summed E-state index contributed by atoms with van der Waals surface area (Å²) in [6, 6.07) is 11.7. The smallest absolute Gasteiger partial charge is 0.224 e. The first-order valence-corrected chi connectivity index (χ1v) is 8.60. The number of halogens is 2. The zero-order valence-electron chi connectivity index (χ0n) is 14.0. The molecule has 1 atom stereocenters. The van der Waals surface area contributed by atoms with E-state index >= 15 is 0 Å². The average molecular weight is 344 g/mol. The van der Waals surface area contributed by atoms with E-state index in [-0.39, 0.29) is 24.4 Å². The molecule has 1 aliphatic heterocycles. The third-order valence-electron chi connectivity index (χ3n) is 4.60. The number of benzene rings is 2. The Labute approximate surface area is 146 Å². The molecule has 0 aromatic heterocycles. The van der Waals surface area contributed by atoms with Crippen LogP contribution < -0.4 is 10.6 Å². The molecule has 0 aliphatic carbocycles. The van der Waals surface area contributed by atoms with Gasteiger partial charge in [-0.25, -0.2) is 8.78 Å². The molecule has 0 saturated carbocycles. The summed E-state index contributed by atoms with van der Waals surface area (Å²) in [5.41, 5.74) is 2.04. The zero-order valence-corrected chi connectivity index (χ0v) is 14.0. The fraction of sp³-hybridized carbons (Fsp3) is 0.350. The van der Waals surface area contributed by atoms with Gasteiger partial charge in [-0.15, -0.1) is 0 Å². The Bertz CT molecular complexity index is 705. The van der Waals surface area contributed by atoms with Gasteiger partial charge < -0.3 is 10.6 Å². The van der Waals surface area contributed by atoms with E-state index in [1.165, 1.54) is 30.2 Å². The molecule has 3 rings (SSSR count). The molecule has 2 N–H and O–H groups in total. The number of hydrogen-bond donors (Lipinski definition) is 2. The lowest BCUT2D eigenvalue weighted by Crippen LogP contribution is -2.25. The summed E-state index contributed by atoms with van der Waals surface area (Å²) in [4.78, 5) is 12.0. The third kappa shape index (κ3) is 4.86. The first kappa shape index (κ1) is 17.5. The van der Waals surface area contributed by atoms with Crippen molar-refractivity contribution in [3.63, 3.8) is 0 Å². The lowest BCUT2D eigenvalue weighted by Gasteiger charge is -2.10. The van der Waals surface area contributed by atoms with E-state index in [1.54, 1.807) is 0 Å². The zero-order chi connectivity index (χ0) is 17.6. The SMILES string of the molecule is O=C(Cc1ccc(CC2CCNC2)cc1)NCc1c(F)cccc1F. The Hall–Kier alpha value is -2.27. The molecule has 1 amide bonds. The van der Waals surface area contributed by atoms with Gasteiger partial charge in [0, 0.05) is 12.1 Å². The molecule has 3 nitrogen and oxygen atoms in total. The van der Waals surface area contributed by atoms with Gasteiger partial charge in [-0.1, -0.05) is 30.3 Å². The molecule has 2 aromatic carbocycles. The van der Waals surface area contributed by atoms with E-state index in [2.05, 4.69) is 22.8 Å². The Morgan fingerprint density at radius 1 is 1.08 bits per heavy atom. The quantitative estimate of drug-likeness (QED) is 0.846. The van der Waals surface area contributed by atoms with Crippen LogP contribution in [-0.2, 0) is 24.2 Å². The highest BCUT2D eigenvalue weighted by Gasteiger charge is 2.15. The van der Waals surface area contributed by atoms with Crippen molar-refractivity contribution < 1.29 is 13.6 Å². The lowest BCUT2D eigenvalue weighted by molar-refractivity contribution is -0.120. The monoisotopic (exact) mass is 344 g/mol. The van der Waals surface area contributed by atoms with Crippen LogP contribution in [0.15, 0.2) is 42.5 Å². The molecule has 25 heavy (non-hydrogen) atoms. The minimum atomic E-state index is -0.647. The predicted octanol–water partition coefficient (Wildman–Crippen LogP) is 2.98. The van der Waals surface area contributed by atoms with Crippen LogP contribution in [0.1, 0.15) is 23.1 Å². The van der Waals surface area contributed by atoms with Crippen LogP contribution in [0.2, 0.25) is 0 Å². The molecule has 1 aliphatic rings. The summed E-state index contributed by atoms with van der Waals surface area (Å²) in [5, 5.41) is 5.93. The van der Waals surface area contributed by atoms with Crippen LogP contribution in [0, 0.1) is 17.6 Å². The van der Waals surface area contributed by atoms with Crippen molar-refractivity contribution in [3.05, 3.63) is 70.8 Å². The number of nitrogens with one attached hydrogen (secondary N) is 2. The van der Waals surface area contributed by atoms with Gasteiger partial charge in [0.05, 0.1) is 6.42 Å². The standard InChI is InChI=1S/C20H22F2N2O/c21-18-2-1-3-19(22)17(18)13-24-20(25)11-15-6-4-14(5-7-15)10-16-8-9-23-12-16/h1-7,16,23H,8-13H2,(H,24,25). The van der Waals surface area contributed by atoms with E-state index in [0.29, 0.717) is 5.92 Å². The second-order valence-electron chi connectivity index (χ2n) is 6.53. The summed E-state index contributed by atoms with van der Waals surface area (Å²) < 4.78 is 27.1. The Balaban J connectivity index is 1.50. The van der Waals surface area contributed by atoms with Crippen molar-refractivity contribution in [1.82, 2.24) is 10.6 Å². The molecule has 0 bridgehead atoms. The van der Waals surface area contributed by atoms with E-state index in [4.69, 9.17) is 0 Å². The van der Waals surface area contributed by atoms with Gasteiger partial charge in [-0.2, -0.15) is 0 Å². The molecule has 0 spiro atoms. The second-order valence-corrected chi connectivity index (χ2v) is 6.53. The number of amides is 1. The summed E-state index contributed by atoms with van der Waals surface area (Å²) >= 11 is 0. The highest BCUT2D eigenvalue weighted by molar-refractivity contribution is 5.78. The molecular weight excluding hydrogens is 322 g/mol. The van der Waals surface area contributed by atoms with E-state index in [1.807, 2.05) is 12.1 Å². The van der Waals surface area contributed by atoms with Gasteiger partial charge in [-0.3, -0.25) is 4.79 Å². The second kappa shape index (κ2) is 8.21. The summed E-state index contributed by atoms with van der Waals surface area (Å²) in [6.07, 6.45) is 2.45. The van der Waals surface area contributed by atoms with Crippen molar-refractivity contribution in [1.29, 1.82) is 0 Å². The molecule has 1 fully saturated rings. The molecule has 1 heterocycles. The van der Waals surface area contributed by atoms with Gasteiger partial charge in [0.2, 0.25) is 5.91 Å². The molecule has 1 unspecified atom stereocenters. The van der Waals surface area contributed by atoms with Crippen LogP contribution in [0.25, 0.3) is 0 Å². The maximum absolute atomic E-state index is 13.5. The molecule has 1 saturated heterocycles. The normalized spacial score (nSPS) is 16.8. The average Bonchev–Trinajstić information content (AvgIpc) is 3.09. The molecule has 2 aromatic rings. The van der Waals surface area contributed by atoms with Crippen molar-refractivity contribution in [3.8, 4) is 0 Å². The number of rotatable bonds is 6. The van der Waals surface area contributed by atoms with E-state index in [9.17, 15) is 13.6 Å². The minimum absolute atomic E-state index is 0.114. The van der Waals surface area contributed by atoms with Crippen molar-refractivity contribution in [2.75, 3.05) is 13.1 Å². The van der Waals surface area contributed by atoms with Crippen LogP contribution in [0.3, 0.4) is 0 Å². The van der Waals surface area contributed by atoms with Gasteiger partial charge in [0.15, 0.2) is 0 Å². The molecule has 0 radical (unpaired) electrons. The lowest BCUT2D eigenvalue weighted by atomic mass is 9.97. The van der Waals surface area contributed by atoms with Crippen LogP contribution in [0.4, 0.5) is 8.78 Å². The van der Waals surface area contributed by atoms with Gasteiger partial charge in [-0.05, 0) is 55.1 Å². The van der Waals surface area contributed by atoms with E-state index < -0.39 is 11.6 Å². The predicted molar refractivity (Wildman–Crippen MR) is 93.0 cm³/mol.